The smallest absolute Gasteiger partial charge is 0.241 e. The van der Waals surface area contributed by atoms with Gasteiger partial charge in [-0.05, 0) is 50.1 Å². The summed E-state index contributed by atoms with van der Waals surface area (Å²) in [5.41, 5.74) is 1.88. The van der Waals surface area contributed by atoms with E-state index in [9.17, 15) is 4.79 Å². The third kappa shape index (κ3) is 4.76. The van der Waals surface area contributed by atoms with Crippen LogP contribution in [0.1, 0.15) is 12.5 Å². The van der Waals surface area contributed by atoms with Gasteiger partial charge in [0.1, 0.15) is 5.75 Å². The van der Waals surface area contributed by atoms with Crippen LogP contribution in [0.5, 0.6) is 5.75 Å². The van der Waals surface area contributed by atoms with E-state index in [1.165, 1.54) is 10.5 Å². The van der Waals surface area contributed by atoms with Gasteiger partial charge in [0.25, 0.3) is 0 Å². The molecule has 0 spiro atoms. The topological polar surface area (TPSA) is 41.6 Å². The molecule has 0 saturated carbocycles. The molecule has 0 unspecified atom stereocenters. The van der Waals surface area contributed by atoms with E-state index in [0.717, 1.165) is 6.54 Å². The summed E-state index contributed by atoms with van der Waals surface area (Å²) in [5, 5.41) is 2.94. The highest BCUT2D eigenvalue weighted by molar-refractivity contribution is 7.98. The van der Waals surface area contributed by atoms with Crippen LogP contribution in [0.15, 0.2) is 53.4 Å². The third-order valence-electron chi connectivity index (χ3n) is 4.00. The Labute approximate surface area is 148 Å². The van der Waals surface area contributed by atoms with E-state index in [1.54, 1.807) is 18.9 Å². The minimum Gasteiger partial charge on any atom is -0.495 e. The highest BCUT2D eigenvalue weighted by Gasteiger charge is 2.19. The van der Waals surface area contributed by atoms with Gasteiger partial charge < -0.3 is 10.1 Å². The second-order valence-corrected chi connectivity index (χ2v) is 6.51. The number of carbonyl (C=O) groups is 1. The molecule has 1 atom stereocenters. The van der Waals surface area contributed by atoms with E-state index in [2.05, 4.69) is 35.8 Å². The number of likely N-dealkylation sites (N-methyl/N-ethyl adjacent to an activating group) is 1. The molecule has 2 aromatic carbocycles. The molecule has 0 radical (unpaired) electrons. The Balaban J connectivity index is 1.98. The summed E-state index contributed by atoms with van der Waals surface area (Å²) in [6, 6.07) is 15.6. The normalized spacial score (nSPS) is 12.0. The summed E-state index contributed by atoms with van der Waals surface area (Å²) in [6.07, 6.45) is 2.06. The first-order valence-corrected chi connectivity index (χ1v) is 9.04. The van der Waals surface area contributed by atoms with Gasteiger partial charge in [0.05, 0.1) is 18.8 Å². The molecule has 0 fully saturated rings. The van der Waals surface area contributed by atoms with Crippen molar-refractivity contribution in [1.29, 1.82) is 0 Å². The van der Waals surface area contributed by atoms with Gasteiger partial charge in [-0.15, -0.1) is 11.8 Å². The SMILES string of the molecule is COc1ccccc1NC(=O)[C@@H](C)N(C)Cc1ccc(SC)cc1. The van der Waals surface area contributed by atoms with Crippen LogP contribution in [-0.4, -0.2) is 37.3 Å². The summed E-state index contributed by atoms with van der Waals surface area (Å²) in [6.45, 7) is 2.62. The lowest BCUT2D eigenvalue weighted by molar-refractivity contribution is -0.120. The van der Waals surface area contributed by atoms with Crippen LogP contribution in [0.3, 0.4) is 0 Å². The molecule has 2 aromatic rings. The van der Waals surface area contributed by atoms with Crippen LogP contribution in [0.2, 0.25) is 0 Å². The molecule has 1 N–H and O–H groups in total. The summed E-state index contributed by atoms with van der Waals surface area (Å²) in [5.74, 6) is 0.607. The Bertz CT molecular complexity index is 673. The van der Waals surface area contributed by atoms with Crippen molar-refractivity contribution in [2.24, 2.45) is 0 Å². The predicted molar refractivity (Wildman–Crippen MR) is 101 cm³/mol. The maximum absolute atomic E-state index is 12.5. The van der Waals surface area contributed by atoms with Crippen molar-refractivity contribution in [3.63, 3.8) is 0 Å². The van der Waals surface area contributed by atoms with Gasteiger partial charge in [-0.2, -0.15) is 0 Å². The van der Waals surface area contributed by atoms with Gasteiger partial charge in [0.2, 0.25) is 5.91 Å². The van der Waals surface area contributed by atoms with Crippen LogP contribution in [-0.2, 0) is 11.3 Å². The molecule has 24 heavy (non-hydrogen) atoms. The van der Waals surface area contributed by atoms with Crippen molar-refractivity contribution in [3.8, 4) is 5.75 Å². The minimum absolute atomic E-state index is 0.0530. The van der Waals surface area contributed by atoms with E-state index in [-0.39, 0.29) is 11.9 Å². The Morgan fingerprint density at radius 1 is 1.21 bits per heavy atom. The van der Waals surface area contributed by atoms with Crippen LogP contribution in [0, 0.1) is 0 Å². The maximum Gasteiger partial charge on any atom is 0.241 e. The van der Waals surface area contributed by atoms with Crippen molar-refractivity contribution >= 4 is 23.4 Å². The van der Waals surface area contributed by atoms with E-state index >= 15 is 0 Å². The molecule has 0 aliphatic rings. The number of nitrogens with zero attached hydrogens (tertiary/aromatic N) is 1. The fourth-order valence-electron chi connectivity index (χ4n) is 2.34. The van der Waals surface area contributed by atoms with Gasteiger partial charge in [0, 0.05) is 11.4 Å². The fourth-order valence-corrected chi connectivity index (χ4v) is 2.75. The molecule has 0 aliphatic heterocycles. The van der Waals surface area contributed by atoms with Gasteiger partial charge >= 0.3 is 0 Å². The first-order valence-electron chi connectivity index (χ1n) is 7.82. The summed E-state index contributed by atoms with van der Waals surface area (Å²) >= 11 is 1.72. The lowest BCUT2D eigenvalue weighted by Gasteiger charge is -2.24. The van der Waals surface area contributed by atoms with Crippen molar-refractivity contribution < 1.29 is 9.53 Å². The highest BCUT2D eigenvalue weighted by atomic mass is 32.2. The Kier molecular flexibility index (Phi) is 6.70. The molecule has 0 bridgehead atoms. The van der Waals surface area contributed by atoms with Crippen molar-refractivity contribution in [2.45, 2.75) is 24.4 Å². The lowest BCUT2D eigenvalue weighted by Crippen LogP contribution is -2.39. The molecule has 5 heteroatoms. The fraction of sp³-hybridized carbons (Fsp3) is 0.316. The summed E-state index contributed by atoms with van der Waals surface area (Å²) in [7, 11) is 3.55. The molecule has 1 amide bonds. The molecule has 0 saturated heterocycles. The van der Waals surface area contributed by atoms with Gasteiger partial charge in [0.15, 0.2) is 0 Å². The zero-order chi connectivity index (χ0) is 17.5. The second-order valence-electron chi connectivity index (χ2n) is 5.63. The number of benzene rings is 2. The van der Waals surface area contributed by atoms with Crippen molar-refractivity contribution in [2.75, 3.05) is 25.7 Å². The van der Waals surface area contributed by atoms with E-state index in [4.69, 9.17) is 4.74 Å². The van der Waals surface area contributed by atoms with Crippen LogP contribution in [0.25, 0.3) is 0 Å². The first kappa shape index (κ1) is 18.4. The van der Waals surface area contributed by atoms with E-state index in [1.807, 2.05) is 43.1 Å². The average Bonchev–Trinajstić information content (AvgIpc) is 2.62. The molecule has 0 heterocycles. The molecular weight excluding hydrogens is 320 g/mol. The average molecular weight is 344 g/mol. The standard InChI is InChI=1S/C19H24N2O2S/c1-14(19(22)20-17-7-5-6-8-18(17)23-3)21(2)13-15-9-11-16(24-4)12-10-15/h5-12,14H,13H2,1-4H3,(H,20,22)/t14-/m1/s1. The predicted octanol–water partition coefficient (Wildman–Crippen LogP) is 3.88. The Hall–Kier alpha value is -1.98. The number of hydrogen-bond acceptors (Lipinski definition) is 4. The lowest BCUT2D eigenvalue weighted by atomic mass is 10.2. The number of methoxy groups -OCH3 is 1. The number of rotatable bonds is 7. The molecule has 2 rings (SSSR count). The molecule has 4 nitrogen and oxygen atoms in total. The van der Waals surface area contributed by atoms with Gasteiger partial charge in [-0.1, -0.05) is 24.3 Å². The van der Waals surface area contributed by atoms with Crippen LogP contribution in [0.4, 0.5) is 5.69 Å². The monoisotopic (exact) mass is 344 g/mol. The van der Waals surface area contributed by atoms with Gasteiger partial charge in [-0.3, -0.25) is 9.69 Å². The third-order valence-corrected chi connectivity index (χ3v) is 4.74. The quantitative estimate of drug-likeness (QED) is 0.774. The zero-order valence-electron chi connectivity index (χ0n) is 14.6. The molecule has 128 valence electrons. The number of anilines is 1. The number of amides is 1. The minimum atomic E-state index is -0.255. The number of carbonyl (C=O) groups excluding carboxylic acids is 1. The summed E-state index contributed by atoms with van der Waals surface area (Å²) in [4.78, 5) is 15.8. The van der Waals surface area contributed by atoms with Crippen LogP contribution < -0.4 is 10.1 Å². The number of hydrogen-bond donors (Lipinski definition) is 1. The Morgan fingerprint density at radius 3 is 2.50 bits per heavy atom. The molecule has 0 aromatic heterocycles. The number of thioether (sulfide) groups is 1. The summed E-state index contributed by atoms with van der Waals surface area (Å²) < 4.78 is 5.27. The Morgan fingerprint density at radius 2 is 1.88 bits per heavy atom. The first-order chi connectivity index (χ1) is 11.5. The van der Waals surface area contributed by atoms with Crippen LogP contribution >= 0.6 is 11.8 Å². The van der Waals surface area contributed by atoms with Crippen molar-refractivity contribution in [1.82, 2.24) is 4.90 Å². The van der Waals surface area contributed by atoms with Gasteiger partial charge in [-0.25, -0.2) is 0 Å². The highest BCUT2D eigenvalue weighted by Crippen LogP contribution is 2.23. The molecular formula is C19H24N2O2S. The maximum atomic E-state index is 12.5. The van der Waals surface area contributed by atoms with Crippen molar-refractivity contribution in [3.05, 3.63) is 54.1 Å². The zero-order valence-corrected chi connectivity index (χ0v) is 15.4. The van der Waals surface area contributed by atoms with E-state index < -0.39 is 0 Å². The largest absolute Gasteiger partial charge is 0.495 e. The second kappa shape index (κ2) is 8.76. The number of nitrogens with one attached hydrogen (secondary N) is 1. The molecule has 0 aliphatic carbocycles. The number of ether oxygens (including phenoxy) is 1. The number of para-hydroxylation sites is 2. The van der Waals surface area contributed by atoms with E-state index in [0.29, 0.717) is 11.4 Å².